The molecule has 0 atom stereocenters. The van der Waals surface area contributed by atoms with Crippen LogP contribution in [0.25, 0.3) is 0 Å². The highest BCUT2D eigenvalue weighted by molar-refractivity contribution is 6.30. The van der Waals surface area contributed by atoms with Crippen molar-refractivity contribution in [3.05, 3.63) is 86.9 Å². The maximum Gasteiger partial charge on any atom is 0.307 e. The van der Waals surface area contributed by atoms with Crippen molar-refractivity contribution in [2.75, 3.05) is 0 Å². The first-order valence-corrected chi connectivity index (χ1v) is 11.9. The Hall–Kier alpha value is -2.99. The summed E-state index contributed by atoms with van der Waals surface area (Å²) in [6.45, 7) is 12.7. The standard InChI is InChI=1S/C28H32ClFN2O3/c1-27(2,3)25-20(15-24(34)35)26(28(4,5)6)32(31-25)16-17-7-10-19(11-8-17)23(33)14-18-9-12-22(30)21(29)13-18/h7-13H,14-16H2,1-6H3,(H,34,35). The lowest BCUT2D eigenvalue weighted by molar-refractivity contribution is -0.136. The molecule has 0 aliphatic rings. The molecule has 0 unspecified atom stereocenters. The van der Waals surface area contributed by atoms with Gasteiger partial charge in [-0.3, -0.25) is 14.3 Å². The second-order valence-electron chi connectivity index (χ2n) is 10.9. The molecule has 186 valence electrons. The molecule has 0 spiro atoms. The van der Waals surface area contributed by atoms with Crippen LogP contribution >= 0.6 is 11.6 Å². The molecule has 0 radical (unpaired) electrons. The van der Waals surface area contributed by atoms with Crippen molar-refractivity contribution in [2.45, 2.75) is 71.8 Å². The summed E-state index contributed by atoms with van der Waals surface area (Å²) in [6.07, 6.45) is 0.0419. The molecule has 0 amide bonds. The normalized spacial score (nSPS) is 12.1. The lowest BCUT2D eigenvalue weighted by Gasteiger charge is -2.23. The van der Waals surface area contributed by atoms with E-state index in [4.69, 9.17) is 16.7 Å². The summed E-state index contributed by atoms with van der Waals surface area (Å²) in [5.74, 6) is -1.49. The number of carbonyl (C=O) groups excluding carboxylic acids is 1. The van der Waals surface area contributed by atoms with Gasteiger partial charge < -0.3 is 5.11 Å². The van der Waals surface area contributed by atoms with Gasteiger partial charge >= 0.3 is 5.97 Å². The van der Waals surface area contributed by atoms with Crippen LogP contribution in [-0.2, 0) is 35.0 Å². The van der Waals surface area contributed by atoms with E-state index >= 15 is 0 Å². The summed E-state index contributed by atoms with van der Waals surface area (Å²) in [4.78, 5) is 24.4. The average Bonchev–Trinajstić information content (AvgIpc) is 3.09. The van der Waals surface area contributed by atoms with Crippen molar-refractivity contribution in [3.63, 3.8) is 0 Å². The Kier molecular flexibility index (Phi) is 7.56. The smallest absolute Gasteiger partial charge is 0.307 e. The number of halogens is 2. The third kappa shape index (κ3) is 6.37. The third-order valence-electron chi connectivity index (χ3n) is 5.76. The quantitative estimate of drug-likeness (QED) is 0.384. The Bertz CT molecular complexity index is 1250. The number of carboxylic acid groups (broad SMARTS) is 1. The van der Waals surface area contributed by atoms with Gasteiger partial charge in [0.2, 0.25) is 0 Å². The summed E-state index contributed by atoms with van der Waals surface area (Å²) >= 11 is 5.83. The molecule has 0 saturated carbocycles. The van der Waals surface area contributed by atoms with E-state index in [1.165, 1.54) is 12.1 Å². The van der Waals surface area contributed by atoms with Gasteiger partial charge in [0, 0.05) is 34.1 Å². The van der Waals surface area contributed by atoms with E-state index in [1.54, 1.807) is 18.2 Å². The molecule has 0 fully saturated rings. The van der Waals surface area contributed by atoms with Crippen LogP contribution in [0.4, 0.5) is 4.39 Å². The fourth-order valence-corrected chi connectivity index (χ4v) is 4.48. The van der Waals surface area contributed by atoms with Gasteiger partial charge in [0.05, 0.1) is 23.7 Å². The minimum Gasteiger partial charge on any atom is -0.481 e. The molecular formula is C28H32ClFN2O3. The molecule has 7 heteroatoms. The van der Waals surface area contributed by atoms with Gasteiger partial charge in [-0.05, 0) is 23.3 Å². The Balaban J connectivity index is 1.89. The highest BCUT2D eigenvalue weighted by Crippen LogP contribution is 2.34. The lowest BCUT2D eigenvalue weighted by atomic mass is 9.82. The largest absolute Gasteiger partial charge is 0.481 e. The Morgan fingerprint density at radius 1 is 0.943 bits per heavy atom. The van der Waals surface area contributed by atoms with Crippen LogP contribution in [0.2, 0.25) is 5.02 Å². The number of carboxylic acids is 1. The van der Waals surface area contributed by atoms with E-state index in [-0.39, 0.29) is 34.5 Å². The fraction of sp³-hybridized carbons (Fsp3) is 0.393. The van der Waals surface area contributed by atoms with E-state index in [0.717, 1.165) is 22.5 Å². The second-order valence-corrected chi connectivity index (χ2v) is 11.4. The van der Waals surface area contributed by atoms with Crippen LogP contribution in [-0.4, -0.2) is 26.6 Å². The monoisotopic (exact) mass is 498 g/mol. The first-order valence-electron chi connectivity index (χ1n) is 11.6. The van der Waals surface area contributed by atoms with Crippen molar-refractivity contribution in [1.29, 1.82) is 0 Å². The predicted molar refractivity (Wildman–Crippen MR) is 136 cm³/mol. The van der Waals surface area contributed by atoms with Gasteiger partial charge in [0.1, 0.15) is 5.82 Å². The third-order valence-corrected chi connectivity index (χ3v) is 6.05. The summed E-state index contributed by atoms with van der Waals surface area (Å²) in [7, 11) is 0. The number of aliphatic carboxylic acids is 1. The van der Waals surface area contributed by atoms with Gasteiger partial charge in [0.15, 0.2) is 5.78 Å². The van der Waals surface area contributed by atoms with E-state index < -0.39 is 11.8 Å². The van der Waals surface area contributed by atoms with Crippen molar-refractivity contribution in [3.8, 4) is 0 Å². The van der Waals surface area contributed by atoms with Crippen LogP contribution in [0, 0.1) is 5.82 Å². The summed E-state index contributed by atoms with van der Waals surface area (Å²) in [6, 6.07) is 11.6. The fourth-order valence-electron chi connectivity index (χ4n) is 4.28. The van der Waals surface area contributed by atoms with Gasteiger partial charge in [-0.25, -0.2) is 4.39 Å². The minimum absolute atomic E-state index is 0.00332. The Labute approximate surface area is 210 Å². The molecule has 3 aromatic rings. The number of hydrogen-bond acceptors (Lipinski definition) is 3. The summed E-state index contributed by atoms with van der Waals surface area (Å²) in [5, 5.41) is 14.4. The molecule has 1 aromatic heterocycles. The summed E-state index contributed by atoms with van der Waals surface area (Å²) < 4.78 is 15.3. The zero-order valence-corrected chi connectivity index (χ0v) is 21.8. The van der Waals surface area contributed by atoms with E-state index in [0.29, 0.717) is 17.7 Å². The van der Waals surface area contributed by atoms with Gasteiger partial charge in [-0.1, -0.05) is 83.5 Å². The van der Waals surface area contributed by atoms with Crippen LogP contribution in [0.1, 0.15) is 80.0 Å². The van der Waals surface area contributed by atoms with Gasteiger partial charge in [0.25, 0.3) is 0 Å². The van der Waals surface area contributed by atoms with Crippen molar-refractivity contribution >= 4 is 23.4 Å². The van der Waals surface area contributed by atoms with Crippen molar-refractivity contribution < 1.29 is 19.1 Å². The number of ketones is 1. The molecule has 1 N–H and O–H groups in total. The van der Waals surface area contributed by atoms with Gasteiger partial charge in [-0.2, -0.15) is 5.10 Å². The average molecular weight is 499 g/mol. The van der Waals surface area contributed by atoms with Crippen LogP contribution in [0.3, 0.4) is 0 Å². The minimum atomic E-state index is -0.883. The number of Topliss-reactive ketones (excluding diaryl/α,β-unsaturated/α-hetero) is 1. The number of hydrogen-bond donors (Lipinski definition) is 1. The molecule has 0 aliphatic heterocycles. The Morgan fingerprint density at radius 2 is 1.54 bits per heavy atom. The Morgan fingerprint density at radius 3 is 2.06 bits per heavy atom. The van der Waals surface area contributed by atoms with Crippen molar-refractivity contribution in [1.82, 2.24) is 9.78 Å². The number of rotatable bonds is 7. The molecule has 0 bridgehead atoms. The topological polar surface area (TPSA) is 72.2 Å². The van der Waals surface area contributed by atoms with E-state index in [9.17, 15) is 19.1 Å². The summed E-state index contributed by atoms with van der Waals surface area (Å²) in [5.41, 5.74) is 3.98. The first-order chi connectivity index (χ1) is 16.2. The lowest BCUT2D eigenvalue weighted by Crippen LogP contribution is -2.22. The molecule has 5 nitrogen and oxygen atoms in total. The maximum atomic E-state index is 13.4. The molecule has 35 heavy (non-hydrogen) atoms. The SMILES string of the molecule is CC(C)(C)c1nn(Cc2ccc(C(=O)Cc3ccc(F)c(Cl)c3)cc2)c(C(C)(C)C)c1CC(=O)O. The van der Waals surface area contributed by atoms with Crippen LogP contribution in [0.15, 0.2) is 42.5 Å². The molecule has 1 heterocycles. The number of carbonyl (C=O) groups is 2. The molecule has 0 aliphatic carbocycles. The maximum absolute atomic E-state index is 13.4. The highest BCUT2D eigenvalue weighted by Gasteiger charge is 2.32. The molecule has 2 aromatic carbocycles. The first kappa shape index (κ1) is 26.6. The highest BCUT2D eigenvalue weighted by atomic mass is 35.5. The van der Waals surface area contributed by atoms with Gasteiger partial charge in [-0.15, -0.1) is 0 Å². The van der Waals surface area contributed by atoms with Crippen LogP contribution in [0.5, 0.6) is 0 Å². The second kappa shape index (κ2) is 9.94. The van der Waals surface area contributed by atoms with Crippen LogP contribution < -0.4 is 0 Å². The number of aromatic nitrogens is 2. The molecule has 3 rings (SSSR count). The van der Waals surface area contributed by atoms with E-state index in [2.05, 4.69) is 20.8 Å². The van der Waals surface area contributed by atoms with Crippen molar-refractivity contribution in [2.24, 2.45) is 0 Å². The predicted octanol–water partition coefficient (Wildman–Crippen LogP) is 6.37. The zero-order valence-electron chi connectivity index (χ0n) is 21.1. The molecular weight excluding hydrogens is 467 g/mol. The number of nitrogens with zero attached hydrogens (tertiary/aromatic N) is 2. The number of benzene rings is 2. The zero-order chi connectivity index (χ0) is 26.1. The van der Waals surface area contributed by atoms with E-state index in [1.807, 2.05) is 37.6 Å². The molecule has 0 saturated heterocycles.